The molecule has 5 heteroatoms. The molecule has 1 fully saturated rings. The van der Waals surface area contributed by atoms with Crippen LogP contribution in [0.15, 0.2) is 24.3 Å². The second-order valence-electron chi connectivity index (χ2n) is 5.73. The number of aliphatic carboxylic acids is 1. The number of hydrogen-bond acceptors (Lipinski definition) is 3. The molecule has 1 aromatic carbocycles. The van der Waals surface area contributed by atoms with Crippen LogP contribution in [0.3, 0.4) is 0 Å². The van der Waals surface area contributed by atoms with Crippen molar-refractivity contribution in [1.82, 2.24) is 0 Å². The van der Waals surface area contributed by atoms with Crippen LogP contribution in [0.4, 0.5) is 5.69 Å². The zero-order chi connectivity index (χ0) is 15.6. The number of anilines is 1. The Morgan fingerprint density at radius 1 is 1.29 bits per heavy atom. The fourth-order valence-electron chi connectivity index (χ4n) is 3.03. The highest BCUT2D eigenvalue weighted by molar-refractivity contribution is 5.97. The van der Waals surface area contributed by atoms with E-state index in [9.17, 15) is 14.7 Å². The van der Waals surface area contributed by atoms with Gasteiger partial charge in [-0.05, 0) is 30.9 Å². The normalized spacial score (nSPS) is 24.6. The number of methoxy groups -OCH3 is 1. The van der Waals surface area contributed by atoms with Crippen molar-refractivity contribution in [1.29, 1.82) is 0 Å². The zero-order valence-corrected chi connectivity index (χ0v) is 12.6. The van der Waals surface area contributed by atoms with Gasteiger partial charge in [0.25, 0.3) is 0 Å². The second-order valence-corrected chi connectivity index (χ2v) is 5.73. The number of carbonyl (C=O) groups is 2. The summed E-state index contributed by atoms with van der Waals surface area (Å²) in [6.07, 6.45) is 1.20. The standard InChI is InChI=1S/C16H21NO4/c1-10-7-13(14(8-10)16(19)20)15(18)17(2)11-5-4-6-12(9-11)21-3/h4-6,9-10,13-14H,7-8H2,1-3H3,(H,19,20). The Morgan fingerprint density at radius 2 is 1.95 bits per heavy atom. The van der Waals surface area contributed by atoms with Crippen molar-refractivity contribution >= 4 is 17.6 Å². The summed E-state index contributed by atoms with van der Waals surface area (Å²) >= 11 is 0. The van der Waals surface area contributed by atoms with Crippen LogP contribution in [0.1, 0.15) is 19.8 Å². The van der Waals surface area contributed by atoms with E-state index in [0.717, 1.165) is 0 Å². The van der Waals surface area contributed by atoms with Crippen molar-refractivity contribution in [2.75, 3.05) is 19.1 Å². The van der Waals surface area contributed by atoms with Crippen LogP contribution in [-0.4, -0.2) is 31.1 Å². The molecule has 1 saturated carbocycles. The Labute approximate surface area is 124 Å². The van der Waals surface area contributed by atoms with Gasteiger partial charge in [-0.15, -0.1) is 0 Å². The Balaban J connectivity index is 2.20. The van der Waals surface area contributed by atoms with E-state index in [4.69, 9.17) is 4.74 Å². The van der Waals surface area contributed by atoms with E-state index < -0.39 is 17.8 Å². The van der Waals surface area contributed by atoms with E-state index in [1.165, 1.54) is 4.90 Å². The van der Waals surface area contributed by atoms with Gasteiger partial charge < -0.3 is 14.7 Å². The smallest absolute Gasteiger partial charge is 0.307 e. The minimum absolute atomic E-state index is 0.139. The van der Waals surface area contributed by atoms with E-state index in [1.54, 1.807) is 26.3 Å². The first-order chi connectivity index (χ1) is 9.93. The van der Waals surface area contributed by atoms with Crippen molar-refractivity contribution in [2.45, 2.75) is 19.8 Å². The monoisotopic (exact) mass is 291 g/mol. The number of amides is 1. The van der Waals surface area contributed by atoms with E-state index >= 15 is 0 Å². The molecule has 5 nitrogen and oxygen atoms in total. The summed E-state index contributed by atoms with van der Waals surface area (Å²) in [6.45, 7) is 1.99. The third kappa shape index (κ3) is 3.17. The van der Waals surface area contributed by atoms with Crippen LogP contribution in [0.25, 0.3) is 0 Å². The molecule has 1 aliphatic carbocycles. The first-order valence-corrected chi connectivity index (χ1v) is 7.08. The zero-order valence-electron chi connectivity index (χ0n) is 12.6. The quantitative estimate of drug-likeness (QED) is 0.925. The Kier molecular flexibility index (Phi) is 4.50. The third-order valence-electron chi connectivity index (χ3n) is 4.20. The summed E-state index contributed by atoms with van der Waals surface area (Å²) in [5.41, 5.74) is 0.711. The lowest BCUT2D eigenvalue weighted by molar-refractivity contribution is -0.145. The molecule has 0 heterocycles. The molecule has 3 atom stereocenters. The van der Waals surface area contributed by atoms with Crippen LogP contribution >= 0.6 is 0 Å². The molecule has 0 aliphatic heterocycles. The lowest BCUT2D eigenvalue weighted by atomic mass is 9.94. The van der Waals surface area contributed by atoms with E-state index in [-0.39, 0.29) is 11.8 Å². The molecule has 1 amide bonds. The maximum atomic E-state index is 12.6. The molecule has 0 saturated heterocycles. The second kappa shape index (κ2) is 6.16. The molecule has 1 aromatic rings. The van der Waals surface area contributed by atoms with Gasteiger partial charge in [0.05, 0.1) is 18.9 Å². The largest absolute Gasteiger partial charge is 0.497 e. The summed E-state index contributed by atoms with van der Waals surface area (Å²) in [7, 11) is 3.25. The maximum absolute atomic E-state index is 12.6. The predicted octanol–water partition coefficient (Wildman–Crippen LogP) is 2.40. The molecular formula is C16H21NO4. The topological polar surface area (TPSA) is 66.8 Å². The van der Waals surface area contributed by atoms with Crippen LogP contribution < -0.4 is 9.64 Å². The Morgan fingerprint density at radius 3 is 2.57 bits per heavy atom. The summed E-state index contributed by atoms with van der Waals surface area (Å²) in [4.78, 5) is 25.5. The number of carboxylic acids is 1. The lowest BCUT2D eigenvalue weighted by Crippen LogP contribution is -2.36. The van der Waals surface area contributed by atoms with E-state index in [0.29, 0.717) is 24.3 Å². The first kappa shape index (κ1) is 15.4. The van der Waals surface area contributed by atoms with Crippen LogP contribution in [0, 0.1) is 17.8 Å². The van der Waals surface area contributed by atoms with Crippen molar-refractivity contribution in [3.8, 4) is 5.75 Å². The van der Waals surface area contributed by atoms with Crippen LogP contribution in [0.2, 0.25) is 0 Å². The van der Waals surface area contributed by atoms with Gasteiger partial charge in [-0.1, -0.05) is 13.0 Å². The minimum Gasteiger partial charge on any atom is -0.497 e. The fraction of sp³-hybridized carbons (Fsp3) is 0.500. The minimum atomic E-state index is -0.878. The van der Waals surface area contributed by atoms with Gasteiger partial charge >= 0.3 is 5.97 Å². The van der Waals surface area contributed by atoms with Gasteiger partial charge in [-0.3, -0.25) is 9.59 Å². The van der Waals surface area contributed by atoms with Gasteiger partial charge in [0, 0.05) is 18.8 Å². The van der Waals surface area contributed by atoms with E-state index in [2.05, 4.69) is 0 Å². The van der Waals surface area contributed by atoms with Gasteiger partial charge in [0.1, 0.15) is 5.75 Å². The van der Waals surface area contributed by atoms with Crippen molar-refractivity contribution in [2.24, 2.45) is 17.8 Å². The average Bonchev–Trinajstić information content (AvgIpc) is 2.88. The highest BCUT2D eigenvalue weighted by atomic mass is 16.5. The molecule has 1 aliphatic rings. The SMILES string of the molecule is COc1cccc(N(C)C(=O)C2CC(C)CC2C(=O)O)c1. The molecule has 0 bridgehead atoms. The molecule has 1 N–H and O–H groups in total. The number of nitrogens with zero attached hydrogens (tertiary/aromatic N) is 1. The predicted molar refractivity (Wildman–Crippen MR) is 79.4 cm³/mol. The fourth-order valence-corrected chi connectivity index (χ4v) is 3.03. The van der Waals surface area contributed by atoms with Gasteiger partial charge in [-0.25, -0.2) is 0 Å². The summed E-state index contributed by atoms with van der Waals surface area (Å²) in [6, 6.07) is 7.20. The van der Waals surface area contributed by atoms with Gasteiger partial charge in [-0.2, -0.15) is 0 Å². The molecule has 3 unspecified atom stereocenters. The highest BCUT2D eigenvalue weighted by Gasteiger charge is 2.42. The number of hydrogen-bond donors (Lipinski definition) is 1. The van der Waals surface area contributed by atoms with Crippen LogP contribution in [0.5, 0.6) is 5.75 Å². The van der Waals surface area contributed by atoms with E-state index in [1.807, 2.05) is 19.1 Å². The number of carboxylic acid groups (broad SMARTS) is 1. The molecule has 0 aromatic heterocycles. The molecule has 114 valence electrons. The van der Waals surface area contributed by atoms with Crippen molar-refractivity contribution < 1.29 is 19.4 Å². The third-order valence-corrected chi connectivity index (χ3v) is 4.20. The molecule has 2 rings (SSSR count). The Bertz CT molecular complexity index is 543. The summed E-state index contributed by atoms with van der Waals surface area (Å²) in [5, 5.41) is 9.29. The highest BCUT2D eigenvalue weighted by Crippen LogP contribution is 2.38. The van der Waals surface area contributed by atoms with Crippen molar-refractivity contribution in [3.05, 3.63) is 24.3 Å². The van der Waals surface area contributed by atoms with Gasteiger partial charge in [0.15, 0.2) is 0 Å². The van der Waals surface area contributed by atoms with Crippen LogP contribution in [-0.2, 0) is 9.59 Å². The molecule has 0 spiro atoms. The van der Waals surface area contributed by atoms with Crippen molar-refractivity contribution in [3.63, 3.8) is 0 Å². The number of ether oxygens (including phenoxy) is 1. The Hall–Kier alpha value is -2.04. The molecule has 0 radical (unpaired) electrons. The molecule has 21 heavy (non-hydrogen) atoms. The average molecular weight is 291 g/mol. The number of benzene rings is 1. The number of carbonyl (C=O) groups excluding carboxylic acids is 1. The first-order valence-electron chi connectivity index (χ1n) is 7.08. The number of rotatable bonds is 4. The van der Waals surface area contributed by atoms with Gasteiger partial charge in [0.2, 0.25) is 5.91 Å². The lowest BCUT2D eigenvalue weighted by Gasteiger charge is -2.23. The molecular weight excluding hydrogens is 270 g/mol. The maximum Gasteiger partial charge on any atom is 0.307 e. The summed E-state index contributed by atoms with van der Waals surface area (Å²) < 4.78 is 5.15. The summed E-state index contributed by atoms with van der Waals surface area (Å²) in [5.74, 6) is -1.12.